The minimum absolute atomic E-state index is 0.589. The Hall–Kier alpha value is -2.44. The van der Waals surface area contributed by atoms with Gasteiger partial charge < -0.3 is 9.88 Å². The van der Waals surface area contributed by atoms with Crippen LogP contribution in [-0.4, -0.2) is 29.4 Å². The first-order chi connectivity index (χ1) is 8.88. The molecule has 0 saturated carbocycles. The third kappa shape index (κ3) is 1.79. The van der Waals surface area contributed by atoms with Crippen LogP contribution in [0, 0.1) is 0 Å². The van der Waals surface area contributed by atoms with Crippen LogP contribution < -0.4 is 5.32 Å². The highest BCUT2D eigenvalue weighted by atomic mass is 15.3. The monoisotopic (exact) mass is 243 g/mol. The molecule has 0 aliphatic carbocycles. The molecule has 0 aliphatic heterocycles. The molecule has 92 valence electrons. The molecule has 3 heterocycles. The molecule has 0 radical (unpaired) electrons. The van der Waals surface area contributed by atoms with Gasteiger partial charge in [-0.15, -0.1) is 10.2 Å². The minimum atomic E-state index is 0.589. The summed E-state index contributed by atoms with van der Waals surface area (Å²) in [5.41, 5.74) is 0.945. The molecule has 0 aliphatic rings. The van der Waals surface area contributed by atoms with Crippen molar-refractivity contribution in [1.29, 1.82) is 0 Å². The number of aromatic nitrogens is 6. The average Bonchev–Trinajstić information content (AvgIpc) is 3.04. The van der Waals surface area contributed by atoms with Crippen molar-refractivity contribution in [2.45, 2.75) is 20.0 Å². The lowest BCUT2D eigenvalue weighted by molar-refractivity contribution is 0.707. The molecule has 0 fully saturated rings. The van der Waals surface area contributed by atoms with Gasteiger partial charge in [-0.3, -0.25) is 0 Å². The first kappa shape index (κ1) is 10.7. The lowest BCUT2D eigenvalue weighted by atomic mass is 10.4. The summed E-state index contributed by atoms with van der Waals surface area (Å²) in [6, 6.07) is 1.92. The van der Waals surface area contributed by atoms with Gasteiger partial charge in [0.25, 0.3) is 0 Å². The van der Waals surface area contributed by atoms with E-state index in [2.05, 4.69) is 32.5 Å². The predicted molar refractivity (Wildman–Crippen MR) is 66.0 cm³/mol. The number of rotatable bonds is 4. The number of fused-ring (bicyclic) bond motifs is 1. The summed E-state index contributed by atoms with van der Waals surface area (Å²) in [4.78, 5) is 4.30. The zero-order valence-corrected chi connectivity index (χ0v) is 9.98. The number of hydrogen-bond donors (Lipinski definition) is 1. The summed E-state index contributed by atoms with van der Waals surface area (Å²) in [5.74, 6) is 1.68. The Morgan fingerprint density at radius 3 is 3.17 bits per heavy atom. The summed E-state index contributed by atoms with van der Waals surface area (Å²) in [6.07, 6.45) is 7.00. The summed E-state index contributed by atoms with van der Waals surface area (Å²) >= 11 is 0. The summed E-state index contributed by atoms with van der Waals surface area (Å²) < 4.78 is 3.77. The van der Waals surface area contributed by atoms with Crippen LogP contribution in [0.4, 0.5) is 5.82 Å². The topological polar surface area (TPSA) is 72.9 Å². The molecular weight excluding hydrogens is 230 g/mol. The Morgan fingerprint density at radius 2 is 2.28 bits per heavy atom. The predicted octanol–water partition coefficient (Wildman–Crippen LogP) is 0.953. The van der Waals surface area contributed by atoms with Gasteiger partial charge in [0, 0.05) is 18.9 Å². The third-order valence-corrected chi connectivity index (χ3v) is 2.77. The molecule has 18 heavy (non-hydrogen) atoms. The Balaban J connectivity index is 1.83. The van der Waals surface area contributed by atoms with Crippen molar-refractivity contribution in [3.05, 3.63) is 36.8 Å². The van der Waals surface area contributed by atoms with E-state index in [1.165, 1.54) is 0 Å². The van der Waals surface area contributed by atoms with Gasteiger partial charge in [-0.25, -0.2) is 9.50 Å². The maximum absolute atomic E-state index is 4.30. The van der Waals surface area contributed by atoms with Crippen molar-refractivity contribution < 1.29 is 0 Å². The van der Waals surface area contributed by atoms with Gasteiger partial charge in [0.15, 0.2) is 11.6 Å². The van der Waals surface area contributed by atoms with Crippen molar-refractivity contribution in [1.82, 2.24) is 29.4 Å². The first-order valence-corrected chi connectivity index (χ1v) is 5.77. The molecule has 7 heteroatoms. The molecular formula is C11H13N7. The number of anilines is 1. The number of hydrogen-bond acceptors (Lipinski definition) is 5. The quantitative estimate of drug-likeness (QED) is 0.738. The maximum Gasteiger partial charge on any atom is 0.152 e. The molecule has 1 N–H and O–H groups in total. The van der Waals surface area contributed by atoms with Gasteiger partial charge in [0.05, 0.1) is 12.7 Å². The van der Waals surface area contributed by atoms with Crippen molar-refractivity contribution in [3.63, 3.8) is 0 Å². The summed E-state index contributed by atoms with van der Waals surface area (Å²) in [7, 11) is 0. The van der Waals surface area contributed by atoms with Gasteiger partial charge in [-0.1, -0.05) is 0 Å². The van der Waals surface area contributed by atoms with Crippen molar-refractivity contribution >= 4 is 11.3 Å². The van der Waals surface area contributed by atoms with Crippen molar-refractivity contribution in [2.24, 2.45) is 0 Å². The van der Waals surface area contributed by atoms with E-state index in [9.17, 15) is 0 Å². The van der Waals surface area contributed by atoms with Crippen LogP contribution in [-0.2, 0) is 13.1 Å². The standard InChI is InChI=1S/C11H13N7/c1-2-17-8-14-16-10(17)7-13-11-9-3-4-15-18(9)6-5-12-11/h3-6,8H,2,7H2,1H3,(H,12,13). The Labute approximate surface area is 103 Å². The van der Waals surface area contributed by atoms with Crippen molar-refractivity contribution in [2.75, 3.05) is 5.32 Å². The highest BCUT2D eigenvalue weighted by molar-refractivity contribution is 5.66. The zero-order chi connectivity index (χ0) is 12.4. The Kier molecular flexibility index (Phi) is 2.64. The first-order valence-electron chi connectivity index (χ1n) is 5.77. The normalized spacial score (nSPS) is 10.9. The number of nitrogens with one attached hydrogen (secondary N) is 1. The Morgan fingerprint density at radius 1 is 1.33 bits per heavy atom. The SMILES string of the molecule is CCn1cnnc1CNc1nccn2nccc12. The fraction of sp³-hybridized carbons (Fsp3) is 0.273. The van der Waals surface area contributed by atoms with Crippen LogP contribution in [0.15, 0.2) is 31.0 Å². The molecule has 3 aromatic rings. The van der Waals surface area contributed by atoms with E-state index in [1.54, 1.807) is 23.2 Å². The fourth-order valence-corrected chi connectivity index (χ4v) is 1.84. The second-order valence-electron chi connectivity index (χ2n) is 3.82. The van der Waals surface area contributed by atoms with Gasteiger partial charge in [-0.2, -0.15) is 5.10 Å². The third-order valence-electron chi connectivity index (χ3n) is 2.77. The molecule has 0 saturated heterocycles. The highest BCUT2D eigenvalue weighted by Gasteiger charge is 2.05. The zero-order valence-electron chi connectivity index (χ0n) is 9.98. The van der Waals surface area contributed by atoms with E-state index in [4.69, 9.17) is 0 Å². The lowest BCUT2D eigenvalue weighted by Gasteiger charge is -2.07. The van der Waals surface area contributed by atoms with E-state index in [-0.39, 0.29) is 0 Å². The van der Waals surface area contributed by atoms with Gasteiger partial charge in [0.1, 0.15) is 11.8 Å². The van der Waals surface area contributed by atoms with Crippen LogP contribution in [0.3, 0.4) is 0 Å². The lowest BCUT2D eigenvalue weighted by Crippen LogP contribution is -2.09. The van der Waals surface area contributed by atoms with Gasteiger partial charge >= 0.3 is 0 Å². The smallest absolute Gasteiger partial charge is 0.152 e. The maximum atomic E-state index is 4.30. The molecule has 0 aromatic carbocycles. The van der Waals surface area contributed by atoms with E-state index in [1.807, 2.05) is 16.8 Å². The van der Waals surface area contributed by atoms with E-state index < -0.39 is 0 Å². The highest BCUT2D eigenvalue weighted by Crippen LogP contribution is 2.13. The van der Waals surface area contributed by atoms with Crippen LogP contribution in [0.5, 0.6) is 0 Å². The molecule has 0 spiro atoms. The molecule has 0 bridgehead atoms. The van der Waals surface area contributed by atoms with Crippen LogP contribution in [0.25, 0.3) is 5.52 Å². The van der Waals surface area contributed by atoms with Gasteiger partial charge in [0.2, 0.25) is 0 Å². The van der Waals surface area contributed by atoms with Crippen LogP contribution >= 0.6 is 0 Å². The molecule has 0 unspecified atom stereocenters. The van der Waals surface area contributed by atoms with Gasteiger partial charge in [-0.05, 0) is 13.0 Å². The van der Waals surface area contributed by atoms with E-state index >= 15 is 0 Å². The largest absolute Gasteiger partial charge is 0.361 e. The van der Waals surface area contributed by atoms with Crippen LogP contribution in [0.1, 0.15) is 12.7 Å². The summed E-state index contributed by atoms with van der Waals surface area (Å²) in [6.45, 7) is 3.50. The minimum Gasteiger partial charge on any atom is -0.361 e. The second-order valence-corrected chi connectivity index (χ2v) is 3.82. The van der Waals surface area contributed by atoms with Crippen LogP contribution in [0.2, 0.25) is 0 Å². The summed E-state index contributed by atoms with van der Waals surface area (Å²) in [5, 5.41) is 15.4. The second kappa shape index (κ2) is 4.44. The molecule has 3 rings (SSSR count). The van der Waals surface area contributed by atoms with E-state index in [0.717, 1.165) is 23.7 Å². The molecule has 0 atom stereocenters. The number of aryl methyl sites for hydroxylation is 1. The molecule has 0 amide bonds. The molecule has 3 aromatic heterocycles. The average molecular weight is 243 g/mol. The number of nitrogens with zero attached hydrogens (tertiary/aromatic N) is 6. The molecule has 7 nitrogen and oxygen atoms in total. The fourth-order valence-electron chi connectivity index (χ4n) is 1.84. The Bertz CT molecular complexity index is 654. The van der Waals surface area contributed by atoms with Crippen molar-refractivity contribution in [3.8, 4) is 0 Å². The van der Waals surface area contributed by atoms with E-state index in [0.29, 0.717) is 6.54 Å².